The second kappa shape index (κ2) is 6.81. The number of hydrogen-bond acceptors (Lipinski definition) is 4. The number of ether oxygens (including phenoxy) is 1. The van der Waals surface area contributed by atoms with Crippen molar-refractivity contribution < 1.29 is 22.3 Å². The maximum absolute atomic E-state index is 14.4. The van der Waals surface area contributed by atoms with Crippen molar-refractivity contribution in [1.29, 1.82) is 0 Å². The van der Waals surface area contributed by atoms with Gasteiger partial charge < -0.3 is 10.1 Å². The average molecular weight is 416 g/mol. The van der Waals surface area contributed by atoms with E-state index >= 15 is 0 Å². The van der Waals surface area contributed by atoms with Gasteiger partial charge in [-0.3, -0.25) is 0 Å². The average Bonchev–Trinajstić information content (AvgIpc) is 3.21. The first kappa shape index (κ1) is 18.6. The molecule has 1 unspecified atom stereocenters. The second-order valence-corrected chi connectivity index (χ2v) is 9.39. The maximum atomic E-state index is 14.4. The Hall–Kier alpha value is -2.45. The summed E-state index contributed by atoms with van der Waals surface area (Å²) in [5, 5.41) is 2.77. The first-order valence-electron chi connectivity index (χ1n) is 9.84. The number of hydrogen-bond donors (Lipinski definition) is 2. The molecule has 2 aliphatic carbocycles. The normalized spacial score (nSPS) is 19.6. The minimum absolute atomic E-state index is 0.229. The molecule has 1 fully saturated rings. The summed E-state index contributed by atoms with van der Waals surface area (Å²) >= 11 is 0. The number of fused-ring (bicyclic) bond motifs is 2. The smallest absolute Gasteiger partial charge is 0.333 e. The Balaban J connectivity index is 1.44. The molecule has 2 aromatic carbocycles. The number of urea groups is 1. The lowest BCUT2D eigenvalue weighted by Crippen LogP contribution is -2.36. The highest BCUT2D eigenvalue weighted by atomic mass is 32.2. The van der Waals surface area contributed by atoms with E-state index in [4.69, 9.17) is 4.74 Å². The summed E-state index contributed by atoms with van der Waals surface area (Å²) < 4.78 is 47.1. The third-order valence-electron chi connectivity index (χ3n) is 5.89. The van der Waals surface area contributed by atoms with E-state index in [1.54, 1.807) is 0 Å². The molecule has 8 heteroatoms. The first-order chi connectivity index (χ1) is 13.9. The summed E-state index contributed by atoms with van der Waals surface area (Å²) in [5.41, 5.74) is 5.61. The Labute approximate surface area is 168 Å². The van der Waals surface area contributed by atoms with Crippen LogP contribution >= 0.6 is 0 Å². The topological polar surface area (TPSA) is 87.8 Å². The predicted molar refractivity (Wildman–Crippen MR) is 105 cm³/mol. The number of aryl methyl sites for hydroxylation is 2. The minimum Gasteiger partial charge on any atom is -0.368 e. The van der Waals surface area contributed by atoms with Crippen molar-refractivity contribution in [3.8, 4) is 0 Å². The van der Waals surface area contributed by atoms with Crippen LogP contribution in [0.4, 0.5) is 14.9 Å². The van der Waals surface area contributed by atoms with E-state index in [-0.39, 0.29) is 5.56 Å². The van der Waals surface area contributed by atoms with Crippen molar-refractivity contribution in [1.82, 2.24) is 4.72 Å². The van der Waals surface area contributed by atoms with Crippen LogP contribution in [0.1, 0.15) is 46.8 Å². The lowest BCUT2D eigenvalue weighted by atomic mass is 9.99. The van der Waals surface area contributed by atoms with Crippen LogP contribution in [0, 0.1) is 5.82 Å². The Kier molecular flexibility index (Phi) is 4.36. The molecule has 0 spiro atoms. The quantitative estimate of drug-likeness (QED) is 0.748. The van der Waals surface area contributed by atoms with E-state index in [1.807, 2.05) is 4.72 Å². The van der Waals surface area contributed by atoms with E-state index in [2.05, 4.69) is 11.4 Å². The SMILES string of the molecule is O=C(Nc1c2c(cc3c1CCC3)CCC2)NS(=O)(=O)c1c(F)cccc1C1CO1. The highest BCUT2D eigenvalue weighted by molar-refractivity contribution is 7.90. The number of nitrogens with one attached hydrogen (secondary N) is 2. The third-order valence-corrected chi connectivity index (χ3v) is 7.31. The van der Waals surface area contributed by atoms with Crippen LogP contribution in [0.15, 0.2) is 29.2 Å². The summed E-state index contributed by atoms with van der Waals surface area (Å²) in [7, 11) is -4.39. The molecule has 0 radical (unpaired) electrons. The minimum atomic E-state index is -4.39. The molecule has 0 saturated carbocycles. The van der Waals surface area contributed by atoms with Crippen molar-refractivity contribution in [3.63, 3.8) is 0 Å². The molecule has 1 atom stereocenters. The highest BCUT2D eigenvalue weighted by Gasteiger charge is 2.35. The Bertz CT molecular complexity index is 1090. The summed E-state index contributed by atoms with van der Waals surface area (Å²) in [6, 6.07) is 5.36. The van der Waals surface area contributed by atoms with Gasteiger partial charge in [0.1, 0.15) is 16.8 Å². The van der Waals surface area contributed by atoms with Gasteiger partial charge in [0.25, 0.3) is 10.0 Å². The standard InChI is InChI=1S/C21H21FN2O4S/c22-17-9-3-8-16(18-11-28-18)20(17)29(26,27)24-21(25)23-19-14-6-1-4-12(14)10-13-5-2-7-15(13)19/h3,8-10,18H,1-2,4-7,11H2,(H2,23,24,25). The van der Waals surface area contributed by atoms with Gasteiger partial charge in [0, 0.05) is 11.3 Å². The number of benzene rings is 2. The van der Waals surface area contributed by atoms with Crippen LogP contribution in [0.3, 0.4) is 0 Å². The molecular formula is C21H21FN2O4S. The van der Waals surface area contributed by atoms with Crippen LogP contribution in [0.25, 0.3) is 0 Å². The fourth-order valence-corrected chi connectivity index (χ4v) is 5.80. The number of epoxide rings is 1. The lowest BCUT2D eigenvalue weighted by Gasteiger charge is -2.17. The van der Waals surface area contributed by atoms with Gasteiger partial charge in [-0.15, -0.1) is 0 Å². The molecule has 152 valence electrons. The molecule has 2 amide bonds. The van der Waals surface area contributed by atoms with Gasteiger partial charge in [-0.25, -0.2) is 22.3 Å². The maximum Gasteiger partial charge on any atom is 0.333 e. The molecule has 1 heterocycles. The molecule has 0 bridgehead atoms. The fourth-order valence-electron chi connectivity index (χ4n) is 4.57. The number of halogens is 1. The van der Waals surface area contributed by atoms with Crippen molar-refractivity contribution in [2.24, 2.45) is 0 Å². The van der Waals surface area contributed by atoms with E-state index in [0.717, 1.165) is 61.4 Å². The zero-order valence-electron chi connectivity index (χ0n) is 15.8. The van der Waals surface area contributed by atoms with Gasteiger partial charge in [-0.05, 0) is 66.8 Å². The highest BCUT2D eigenvalue weighted by Crippen LogP contribution is 2.39. The van der Waals surface area contributed by atoms with Crippen LogP contribution in [0.2, 0.25) is 0 Å². The van der Waals surface area contributed by atoms with Crippen molar-refractivity contribution in [3.05, 3.63) is 57.9 Å². The number of carbonyl (C=O) groups excluding carboxylic acids is 1. The second-order valence-electron chi connectivity index (χ2n) is 7.77. The molecule has 2 N–H and O–H groups in total. The zero-order chi connectivity index (χ0) is 20.2. The van der Waals surface area contributed by atoms with E-state index in [9.17, 15) is 17.6 Å². The molecule has 6 nitrogen and oxygen atoms in total. The van der Waals surface area contributed by atoms with Gasteiger partial charge in [0.2, 0.25) is 0 Å². The number of carbonyl (C=O) groups is 1. The van der Waals surface area contributed by atoms with Gasteiger partial charge >= 0.3 is 6.03 Å². The predicted octanol–water partition coefficient (Wildman–Crippen LogP) is 3.38. The lowest BCUT2D eigenvalue weighted by molar-refractivity contribution is 0.256. The van der Waals surface area contributed by atoms with Crippen LogP contribution in [-0.2, 0) is 40.4 Å². The van der Waals surface area contributed by atoms with E-state index in [0.29, 0.717) is 6.61 Å². The summed E-state index contributed by atoms with van der Waals surface area (Å²) in [5.74, 6) is -0.903. The molecule has 29 heavy (non-hydrogen) atoms. The Morgan fingerprint density at radius 1 is 1.07 bits per heavy atom. The summed E-state index contributed by atoms with van der Waals surface area (Å²) in [4.78, 5) is 12.1. The third kappa shape index (κ3) is 3.30. The molecule has 5 rings (SSSR count). The summed E-state index contributed by atoms with van der Waals surface area (Å²) in [6.07, 6.45) is 5.25. The molecular weight excluding hydrogens is 395 g/mol. The van der Waals surface area contributed by atoms with Crippen molar-refractivity contribution >= 4 is 21.7 Å². The van der Waals surface area contributed by atoms with Gasteiger partial charge in [-0.2, -0.15) is 0 Å². The molecule has 1 saturated heterocycles. The Morgan fingerprint density at radius 3 is 2.34 bits per heavy atom. The van der Waals surface area contributed by atoms with Gasteiger partial charge in [0.15, 0.2) is 0 Å². The molecule has 1 aliphatic heterocycles. The monoisotopic (exact) mass is 416 g/mol. The van der Waals surface area contributed by atoms with Crippen LogP contribution in [0.5, 0.6) is 0 Å². The van der Waals surface area contributed by atoms with E-state index in [1.165, 1.54) is 23.3 Å². The Morgan fingerprint density at radius 2 is 1.72 bits per heavy atom. The number of anilines is 1. The number of rotatable bonds is 4. The van der Waals surface area contributed by atoms with Crippen molar-refractivity contribution in [2.75, 3.05) is 11.9 Å². The van der Waals surface area contributed by atoms with Crippen LogP contribution < -0.4 is 10.0 Å². The molecule has 3 aliphatic rings. The van der Waals surface area contributed by atoms with Gasteiger partial charge in [-0.1, -0.05) is 18.2 Å². The van der Waals surface area contributed by atoms with Crippen LogP contribution in [-0.4, -0.2) is 21.1 Å². The first-order valence-corrected chi connectivity index (χ1v) is 11.3. The molecule has 2 aromatic rings. The van der Waals surface area contributed by atoms with Gasteiger partial charge in [0.05, 0.1) is 6.61 Å². The summed E-state index contributed by atoms with van der Waals surface area (Å²) in [6.45, 7) is 0.334. The largest absolute Gasteiger partial charge is 0.368 e. The van der Waals surface area contributed by atoms with E-state index < -0.39 is 32.9 Å². The molecule has 0 aromatic heterocycles. The van der Waals surface area contributed by atoms with Crippen molar-refractivity contribution in [2.45, 2.75) is 49.5 Å². The number of amides is 2. The fraction of sp³-hybridized carbons (Fsp3) is 0.381. The zero-order valence-corrected chi connectivity index (χ0v) is 16.6. The number of sulfonamides is 1.